The quantitative estimate of drug-likeness (QED) is 0.829. The van der Waals surface area contributed by atoms with E-state index < -0.39 is 5.91 Å². The molecule has 2 aromatic heterocycles. The van der Waals surface area contributed by atoms with E-state index in [0.29, 0.717) is 0 Å². The van der Waals surface area contributed by atoms with E-state index >= 15 is 0 Å². The molecule has 2 aromatic rings. The predicted octanol–water partition coefficient (Wildman–Crippen LogP) is 2.54. The fraction of sp³-hybridized carbons (Fsp3) is 0. The van der Waals surface area contributed by atoms with Crippen LogP contribution in [0, 0.1) is 11.3 Å². The van der Waals surface area contributed by atoms with Gasteiger partial charge in [-0.3, -0.25) is 4.79 Å². The topological polar surface area (TPSA) is 118 Å². The van der Waals surface area contributed by atoms with Gasteiger partial charge in [-0.1, -0.05) is 46.4 Å². The molecule has 0 aromatic carbocycles. The Balaban J connectivity index is 0.000000211. The number of nitrogens with zero attached hydrogens (tertiary/aromatic N) is 5. The Morgan fingerprint density at radius 1 is 1.05 bits per heavy atom. The summed E-state index contributed by atoms with van der Waals surface area (Å²) in [6.07, 6.45) is 2.47. The summed E-state index contributed by atoms with van der Waals surface area (Å²) in [4.78, 5) is 24.9. The fourth-order valence-electron chi connectivity index (χ4n) is 0.934. The van der Waals surface area contributed by atoms with Crippen molar-refractivity contribution in [3.8, 4) is 6.07 Å². The lowest BCUT2D eigenvalue weighted by Gasteiger charge is -1.95. The second-order valence-electron chi connectivity index (χ2n) is 3.14. The molecule has 0 aliphatic heterocycles. The molecule has 2 heterocycles. The SMILES string of the molecule is N#Cc1ncc(Cl)nc1Cl.NC(=O)c1ncc(Cl)nc1Cl. The van der Waals surface area contributed by atoms with Gasteiger partial charge in [0.2, 0.25) is 0 Å². The maximum atomic E-state index is 10.5. The van der Waals surface area contributed by atoms with Crippen molar-refractivity contribution in [2.75, 3.05) is 0 Å². The second-order valence-corrected chi connectivity index (χ2v) is 4.63. The number of rotatable bonds is 1. The van der Waals surface area contributed by atoms with E-state index in [9.17, 15) is 4.79 Å². The molecule has 2 rings (SSSR count). The molecule has 21 heavy (non-hydrogen) atoms. The number of hydrogen-bond acceptors (Lipinski definition) is 6. The molecular formula is C10H4Cl4N6O. The normalized spacial score (nSPS) is 9.29. The van der Waals surface area contributed by atoms with Gasteiger partial charge >= 0.3 is 0 Å². The third kappa shape index (κ3) is 5.28. The van der Waals surface area contributed by atoms with Crippen molar-refractivity contribution in [3.05, 3.63) is 44.4 Å². The number of primary amides is 1. The van der Waals surface area contributed by atoms with Gasteiger partial charge in [-0.25, -0.2) is 19.9 Å². The molecule has 0 spiro atoms. The molecule has 0 saturated heterocycles. The van der Waals surface area contributed by atoms with Gasteiger partial charge in [-0.2, -0.15) is 5.26 Å². The zero-order valence-corrected chi connectivity index (χ0v) is 12.9. The van der Waals surface area contributed by atoms with E-state index in [1.54, 1.807) is 6.07 Å². The summed E-state index contributed by atoms with van der Waals surface area (Å²) in [6, 6.07) is 1.76. The number of nitrogens with two attached hydrogens (primary N) is 1. The number of nitriles is 1. The van der Waals surface area contributed by atoms with Gasteiger partial charge in [0, 0.05) is 0 Å². The van der Waals surface area contributed by atoms with Crippen molar-refractivity contribution in [1.29, 1.82) is 5.26 Å². The minimum absolute atomic E-state index is 0.0370. The van der Waals surface area contributed by atoms with Crippen LogP contribution in [0.2, 0.25) is 20.6 Å². The van der Waals surface area contributed by atoms with Crippen LogP contribution in [0.5, 0.6) is 0 Å². The standard InChI is InChI=1S/C5H3Cl2N3O.C5HCl2N3/c6-2-1-9-3(5(8)11)4(7)10-2;6-4-2-9-3(1-8)5(7)10-4/h1H,(H2,8,11);2H. The average molecular weight is 366 g/mol. The van der Waals surface area contributed by atoms with Crippen LogP contribution in [0.4, 0.5) is 0 Å². The molecule has 0 atom stereocenters. The van der Waals surface area contributed by atoms with Crippen molar-refractivity contribution < 1.29 is 4.79 Å². The molecule has 0 saturated carbocycles. The number of amides is 1. The molecule has 0 radical (unpaired) electrons. The minimum atomic E-state index is -0.723. The average Bonchev–Trinajstić information content (AvgIpc) is 2.39. The third-order valence-electron chi connectivity index (χ3n) is 1.74. The summed E-state index contributed by atoms with van der Waals surface area (Å²) in [6.45, 7) is 0. The van der Waals surface area contributed by atoms with Crippen LogP contribution in [0.1, 0.15) is 16.2 Å². The maximum absolute atomic E-state index is 10.5. The number of hydrogen-bond donors (Lipinski definition) is 1. The third-order valence-corrected chi connectivity index (χ3v) is 2.63. The largest absolute Gasteiger partial charge is 0.364 e. The molecule has 0 bridgehead atoms. The number of carbonyl (C=O) groups is 1. The van der Waals surface area contributed by atoms with Gasteiger partial charge in [0.05, 0.1) is 12.4 Å². The van der Waals surface area contributed by atoms with Crippen molar-refractivity contribution in [1.82, 2.24) is 19.9 Å². The highest BCUT2D eigenvalue weighted by Crippen LogP contribution is 2.12. The first kappa shape index (κ1) is 17.3. The summed E-state index contributed by atoms with van der Waals surface area (Å²) < 4.78 is 0. The van der Waals surface area contributed by atoms with E-state index in [1.807, 2.05) is 0 Å². The van der Waals surface area contributed by atoms with E-state index in [0.717, 1.165) is 0 Å². The molecule has 0 aliphatic rings. The molecule has 0 fully saturated rings. The number of halogens is 4. The zero-order chi connectivity index (χ0) is 16.0. The fourth-order valence-corrected chi connectivity index (χ4v) is 1.70. The van der Waals surface area contributed by atoms with Crippen molar-refractivity contribution in [2.45, 2.75) is 0 Å². The van der Waals surface area contributed by atoms with Crippen LogP contribution in [0.15, 0.2) is 12.4 Å². The lowest BCUT2D eigenvalue weighted by atomic mass is 10.4. The highest BCUT2D eigenvalue weighted by Gasteiger charge is 2.09. The first-order valence-corrected chi connectivity index (χ1v) is 6.42. The highest BCUT2D eigenvalue weighted by molar-refractivity contribution is 6.34. The van der Waals surface area contributed by atoms with E-state index in [1.165, 1.54) is 12.4 Å². The Bertz CT molecular complexity index is 717. The monoisotopic (exact) mass is 364 g/mol. The zero-order valence-electron chi connectivity index (χ0n) is 9.89. The van der Waals surface area contributed by atoms with E-state index in [-0.39, 0.29) is 32.0 Å². The molecule has 0 aliphatic carbocycles. The summed E-state index contributed by atoms with van der Waals surface area (Å²) in [5.74, 6) is -0.723. The summed E-state index contributed by atoms with van der Waals surface area (Å²) in [5, 5.41) is 8.60. The molecular weight excluding hydrogens is 362 g/mol. The minimum Gasteiger partial charge on any atom is -0.364 e. The first-order valence-electron chi connectivity index (χ1n) is 4.91. The van der Waals surface area contributed by atoms with Crippen LogP contribution in [-0.2, 0) is 0 Å². The van der Waals surface area contributed by atoms with Gasteiger partial charge in [-0.15, -0.1) is 0 Å². The lowest BCUT2D eigenvalue weighted by molar-refractivity contribution is 0.0995. The molecule has 1 amide bonds. The van der Waals surface area contributed by atoms with Gasteiger partial charge in [0.1, 0.15) is 16.4 Å². The Morgan fingerprint density at radius 2 is 1.57 bits per heavy atom. The van der Waals surface area contributed by atoms with Crippen molar-refractivity contribution in [2.24, 2.45) is 5.73 Å². The Labute approximate surface area is 138 Å². The number of aromatic nitrogens is 4. The van der Waals surface area contributed by atoms with Gasteiger partial charge in [0.15, 0.2) is 21.7 Å². The highest BCUT2D eigenvalue weighted by atomic mass is 35.5. The van der Waals surface area contributed by atoms with Crippen LogP contribution in [-0.4, -0.2) is 25.8 Å². The van der Waals surface area contributed by atoms with Gasteiger partial charge in [-0.05, 0) is 0 Å². The summed E-state index contributed by atoms with van der Waals surface area (Å²) >= 11 is 21.7. The Hall–Kier alpha value is -1.72. The van der Waals surface area contributed by atoms with Crippen molar-refractivity contribution in [3.63, 3.8) is 0 Å². The molecule has 2 N–H and O–H groups in total. The predicted molar refractivity (Wildman–Crippen MR) is 77.3 cm³/mol. The Morgan fingerprint density at radius 3 is 2.00 bits per heavy atom. The van der Waals surface area contributed by atoms with Crippen LogP contribution in [0.25, 0.3) is 0 Å². The van der Waals surface area contributed by atoms with Crippen LogP contribution in [0.3, 0.4) is 0 Å². The molecule has 108 valence electrons. The van der Waals surface area contributed by atoms with Gasteiger partial charge < -0.3 is 5.73 Å². The summed E-state index contributed by atoms with van der Waals surface area (Å²) in [5.41, 5.74) is 4.91. The van der Waals surface area contributed by atoms with Crippen molar-refractivity contribution >= 4 is 52.3 Å². The van der Waals surface area contributed by atoms with E-state index in [4.69, 9.17) is 57.4 Å². The molecule has 11 heteroatoms. The summed E-state index contributed by atoms with van der Waals surface area (Å²) in [7, 11) is 0. The molecule has 7 nitrogen and oxygen atoms in total. The van der Waals surface area contributed by atoms with Crippen LogP contribution >= 0.6 is 46.4 Å². The maximum Gasteiger partial charge on any atom is 0.270 e. The van der Waals surface area contributed by atoms with E-state index in [2.05, 4.69) is 19.9 Å². The van der Waals surface area contributed by atoms with Crippen LogP contribution < -0.4 is 5.73 Å². The number of carbonyl (C=O) groups excluding carboxylic acids is 1. The second kappa shape index (κ2) is 7.90. The smallest absolute Gasteiger partial charge is 0.270 e. The first-order chi connectivity index (χ1) is 9.85. The van der Waals surface area contributed by atoms with Gasteiger partial charge in [0.25, 0.3) is 5.91 Å². The lowest BCUT2D eigenvalue weighted by Crippen LogP contribution is -2.14. The molecule has 0 unspecified atom stereocenters. The Kier molecular flexibility index (Phi) is 6.52.